The van der Waals surface area contributed by atoms with E-state index in [-0.39, 0.29) is 12.1 Å². The van der Waals surface area contributed by atoms with Crippen LogP contribution in [0.4, 0.5) is 4.79 Å². The van der Waals surface area contributed by atoms with E-state index in [9.17, 15) is 14.4 Å². The predicted molar refractivity (Wildman–Crippen MR) is 75.5 cm³/mol. The van der Waals surface area contributed by atoms with Gasteiger partial charge in [-0.25, -0.2) is 4.79 Å². The molecule has 0 aliphatic carbocycles. The van der Waals surface area contributed by atoms with Crippen molar-refractivity contribution in [1.82, 2.24) is 15.2 Å². The molecule has 0 spiro atoms. The maximum absolute atomic E-state index is 12.3. The van der Waals surface area contributed by atoms with Crippen LogP contribution in [0.15, 0.2) is 59.5 Å². The molecule has 1 aromatic carbocycles. The lowest BCUT2D eigenvalue weighted by Gasteiger charge is -2.27. The number of pyridine rings is 1. The minimum Gasteiger partial charge on any atom is -0.318 e. The number of rotatable bonds is 3. The molecule has 0 saturated carbocycles. The van der Waals surface area contributed by atoms with E-state index in [0.717, 1.165) is 0 Å². The summed E-state index contributed by atoms with van der Waals surface area (Å²) in [5, 5.41) is 4.89. The molecule has 0 radical (unpaired) electrons. The van der Waals surface area contributed by atoms with E-state index < -0.39 is 17.5 Å². The zero-order chi connectivity index (χ0) is 14.9. The SMILES string of the molecule is O=C1NC(=O)C(Cn2ccccc2=O)(c2ccccc2)N1. The van der Waals surface area contributed by atoms with Gasteiger partial charge in [-0.1, -0.05) is 36.4 Å². The summed E-state index contributed by atoms with van der Waals surface area (Å²) in [6, 6.07) is 13.1. The van der Waals surface area contributed by atoms with Crippen molar-refractivity contribution < 1.29 is 9.59 Å². The van der Waals surface area contributed by atoms with Gasteiger partial charge in [0, 0.05) is 12.3 Å². The molecular formula is C15H13N3O3. The lowest BCUT2D eigenvalue weighted by Crippen LogP contribution is -2.48. The number of benzene rings is 1. The first-order chi connectivity index (χ1) is 10.1. The number of imide groups is 1. The third-order valence-electron chi connectivity index (χ3n) is 3.51. The molecule has 1 aliphatic rings. The van der Waals surface area contributed by atoms with Crippen molar-refractivity contribution in [2.24, 2.45) is 0 Å². The topological polar surface area (TPSA) is 80.2 Å². The third-order valence-corrected chi connectivity index (χ3v) is 3.51. The van der Waals surface area contributed by atoms with Gasteiger partial charge in [0.05, 0.1) is 6.54 Å². The van der Waals surface area contributed by atoms with Crippen LogP contribution in [0.2, 0.25) is 0 Å². The average molecular weight is 283 g/mol. The minimum atomic E-state index is -1.27. The summed E-state index contributed by atoms with van der Waals surface area (Å²) in [5.74, 6) is -0.463. The number of hydrogen-bond donors (Lipinski definition) is 2. The van der Waals surface area contributed by atoms with Crippen molar-refractivity contribution in [2.75, 3.05) is 0 Å². The summed E-state index contributed by atoms with van der Waals surface area (Å²) in [7, 11) is 0. The maximum Gasteiger partial charge on any atom is 0.322 e. The summed E-state index contributed by atoms with van der Waals surface area (Å²) in [6.45, 7) is 0.0360. The van der Waals surface area contributed by atoms with Crippen LogP contribution in [0.5, 0.6) is 0 Å². The molecule has 106 valence electrons. The van der Waals surface area contributed by atoms with E-state index >= 15 is 0 Å². The Hall–Kier alpha value is -2.89. The van der Waals surface area contributed by atoms with Gasteiger partial charge in [-0.05, 0) is 11.6 Å². The fourth-order valence-electron chi connectivity index (χ4n) is 2.47. The Morgan fingerprint density at radius 1 is 0.952 bits per heavy atom. The molecular weight excluding hydrogens is 270 g/mol. The number of nitrogens with one attached hydrogen (secondary N) is 2. The summed E-state index contributed by atoms with van der Waals surface area (Å²) >= 11 is 0. The molecule has 1 saturated heterocycles. The molecule has 0 bridgehead atoms. The van der Waals surface area contributed by atoms with Gasteiger partial charge in [0.1, 0.15) is 0 Å². The van der Waals surface area contributed by atoms with Gasteiger partial charge in [-0.3, -0.25) is 14.9 Å². The Bertz CT molecular complexity index is 754. The second-order valence-electron chi connectivity index (χ2n) is 4.85. The lowest BCUT2D eigenvalue weighted by atomic mass is 9.89. The molecule has 1 unspecified atom stereocenters. The van der Waals surface area contributed by atoms with E-state index in [2.05, 4.69) is 10.6 Å². The van der Waals surface area contributed by atoms with Gasteiger partial charge in [-0.15, -0.1) is 0 Å². The van der Waals surface area contributed by atoms with Gasteiger partial charge in [0.25, 0.3) is 11.5 Å². The van der Waals surface area contributed by atoms with Crippen LogP contribution in [0.3, 0.4) is 0 Å². The molecule has 1 aliphatic heterocycles. The molecule has 6 heteroatoms. The van der Waals surface area contributed by atoms with E-state index in [4.69, 9.17) is 0 Å². The number of carbonyl (C=O) groups is 2. The lowest BCUT2D eigenvalue weighted by molar-refractivity contribution is -0.124. The first kappa shape index (κ1) is 13.1. The zero-order valence-electron chi connectivity index (χ0n) is 11.1. The predicted octanol–water partition coefficient (Wildman–Crippen LogP) is 0.583. The van der Waals surface area contributed by atoms with Gasteiger partial charge in [0.15, 0.2) is 5.54 Å². The molecule has 21 heavy (non-hydrogen) atoms. The standard InChI is InChI=1S/C15H13N3O3/c19-12-8-4-5-9-18(12)10-15(11-6-2-1-3-7-11)13(20)16-14(21)17-15/h1-9H,10H2,(H2,16,17,20,21). The zero-order valence-corrected chi connectivity index (χ0v) is 11.1. The summed E-state index contributed by atoms with van der Waals surface area (Å²) in [5.41, 5.74) is -0.880. The number of hydrogen-bond acceptors (Lipinski definition) is 3. The molecule has 1 aromatic heterocycles. The Balaban J connectivity index is 2.10. The fourth-order valence-corrected chi connectivity index (χ4v) is 2.47. The Labute approximate surface area is 120 Å². The number of carbonyl (C=O) groups excluding carboxylic acids is 2. The Kier molecular flexibility index (Phi) is 3.06. The molecule has 6 nitrogen and oxygen atoms in total. The summed E-state index contributed by atoms with van der Waals surface area (Å²) in [6.07, 6.45) is 1.59. The first-order valence-corrected chi connectivity index (χ1v) is 6.46. The highest BCUT2D eigenvalue weighted by Gasteiger charge is 2.48. The molecule has 2 aromatic rings. The van der Waals surface area contributed by atoms with E-state index in [1.807, 2.05) is 6.07 Å². The second kappa shape index (κ2) is 4.90. The number of urea groups is 1. The highest BCUT2D eigenvalue weighted by atomic mass is 16.2. The minimum absolute atomic E-state index is 0.0360. The van der Waals surface area contributed by atoms with Crippen LogP contribution in [-0.2, 0) is 16.9 Å². The quantitative estimate of drug-likeness (QED) is 0.809. The largest absolute Gasteiger partial charge is 0.322 e. The fraction of sp³-hybridized carbons (Fsp3) is 0.133. The average Bonchev–Trinajstić information content (AvgIpc) is 2.77. The highest BCUT2D eigenvalue weighted by molar-refractivity contribution is 6.07. The first-order valence-electron chi connectivity index (χ1n) is 6.46. The Morgan fingerprint density at radius 3 is 2.29 bits per heavy atom. The van der Waals surface area contributed by atoms with Gasteiger partial charge >= 0.3 is 6.03 Å². The van der Waals surface area contributed by atoms with Crippen LogP contribution < -0.4 is 16.2 Å². The molecule has 1 atom stereocenters. The molecule has 1 fully saturated rings. The van der Waals surface area contributed by atoms with Crippen LogP contribution >= 0.6 is 0 Å². The maximum atomic E-state index is 12.3. The number of aromatic nitrogens is 1. The summed E-state index contributed by atoms with van der Waals surface area (Å²) in [4.78, 5) is 35.8. The third kappa shape index (κ3) is 2.20. The van der Waals surface area contributed by atoms with Crippen molar-refractivity contribution in [3.8, 4) is 0 Å². The van der Waals surface area contributed by atoms with E-state index in [1.54, 1.807) is 42.6 Å². The van der Waals surface area contributed by atoms with E-state index in [0.29, 0.717) is 5.56 Å². The van der Waals surface area contributed by atoms with Crippen LogP contribution in [-0.4, -0.2) is 16.5 Å². The van der Waals surface area contributed by atoms with Crippen molar-refractivity contribution in [2.45, 2.75) is 12.1 Å². The normalized spacial score (nSPS) is 21.0. The highest BCUT2D eigenvalue weighted by Crippen LogP contribution is 2.26. The van der Waals surface area contributed by atoms with Gasteiger partial charge in [-0.2, -0.15) is 0 Å². The van der Waals surface area contributed by atoms with Crippen molar-refractivity contribution >= 4 is 11.9 Å². The number of amides is 3. The summed E-state index contributed by atoms with van der Waals surface area (Å²) < 4.78 is 1.40. The van der Waals surface area contributed by atoms with Crippen molar-refractivity contribution in [1.29, 1.82) is 0 Å². The molecule has 2 N–H and O–H groups in total. The monoisotopic (exact) mass is 283 g/mol. The smallest absolute Gasteiger partial charge is 0.318 e. The van der Waals surface area contributed by atoms with Crippen LogP contribution in [0, 0.1) is 0 Å². The van der Waals surface area contributed by atoms with Crippen molar-refractivity contribution in [3.63, 3.8) is 0 Å². The van der Waals surface area contributed by atoms with E-state index in [1.165, 1.54) is 10.6 Å². The van der Waals surface area contributed by atoms with Crippen LogP contribution in [0.1, 0.15) is 5.56 Å². The van der Waals surface area contributed by atoms with Gasteiger partial charge in [0.2, 0.25) is 0 Å². The number of nitrogens with zero attached hydrogens (tertiary/aromatic N) is 1. The second-order valence-corrected chi connectivity index (χ2v) is 4.85. The van der Waals surface area contributed by atoms with Gasteiger partial charge < -0.3 is 9.88 Å². The Morgan fingerprint density at radius 2 is 1.67 bits per heavy atom. The molecule has 3 amide bonds. The van der Waals surface area contributed by atoms with Crippen LogP contribution in [0.25, 0.3) is 0 Å². The van der Waals surface area contributed by atoms with Crippen molar-refractivity contribution in [3.05, 3.63) is 70.6 Å². The molecule has 3 rings (SSSR count). The molecule has 2 heterocycles.